The van der Waals surface area contributed by atoms with Gasteiger partial charge in [-0.25, -0.2) is 9.78 Å². The van der Waals surface area contributed by atoms with Crippen molar-refractivity contribution in [3.05, 3.63) is 90.1 Å². The summed E-state index contributed by atoms with van der Waals surface area (Å²) < 4.78 is 5.68. The zero-order valence-electron chi connectivity index (χ0n) is 18.2. The van der Waals surface area contributed by atoms with Gasteiger partial charge in [-0.05, 0) is 41.7 Å². The summed E-state index contributed by atoms with van der Waals surface area (Å²) in [4.78, 5) is 23.0. The molecule has 0 saturated carbocycles. The Labute approximate surface area is 188 Å². The van der Waals surface area contributed by atoms with Gasteiger partial charge in [-0.2, -0.15) is 0 Å². The molecule has 2 atom stereocenters. The fourth-order valence-corrected chi connectivity index (χ4v) is 4.88. The largest absolute Gasteiger partial charge is 0.445 e. The maximum atomic E-state index is 13.0. The Hall–Kier alpha value is -3.60. The topological polar surface area (TPSA) is 58.2 Å². The summed E-state index contributed by atoms with van der Waals surface area (Å²) in [5.41, 5.74) is 5.30. The van der Waals surface area contributed by atoms with Crippen LogP contribution in [0.1, 0.15) is 36.8 Å². The molecule has 2 aromatic carbocycles. The highest BCUT2D eigenvalue weighted by Crippen LogP contribution is 2.40. The van der Waals surface area contributed by atoms with Gasteiger partial charge in [0.25, 0.3) is 0 Å². The van der Waals surface area contributed by atoms with Crippen LogP contribution in [0, 0.1) is 0 Å². The highest BCUT2D eigenvalue weighted by Gasteiger charge is 2.36. The number of rotatable bonds is 5. The standard InChI is InChI=1S/C27H27N3O2/c1-19(23-15-9-17-30(23)27(31)32-18-20-10-4-2-5-11-20)24-22-14-8-16-28-26(22)29-25(24)21-12-6-3-7-13-21/h2-8,10-14,16,19,23H,9,15,17-18H2,1H3,(H,28,29). The van der Waals surface area contributed by atoms with Crippen LogP contribution in [0.5, 0.6) is 0 Å². The number of hydrogen-bond acceptors (Lipinski definition) is 3. The summed E-state index contributed by atoms with van der Waals surface area (Å²) in [5.74, 6) is 0.134. The van der Waals surface area contributed by atoms with E-state index in [2.05, 4.69) is 35.1 Å². The molecule has 1 N–H and O–H groups in total. The molecule has 1 aliphatic rings. The zero-order valence-corrected chi connectivity index (χ0v) is 18.2. The number of aromatic nitrogens is 2. The zero-order chi connectivity index (χ0) is 21.9. The molecule has 2 aromatic heterocycles. The third kappa shape index (κ3) is 3.86. The smallest absolute Gasteiger partial charge is 0.410 e. The van der Waals surface area contributed by atoms with E-state index in [0.29, 0.717) is 6.61 Å². The average molecular weight is 426 g/mol. The molecule has 0 radical (unpaired) electrons. The van der Waals surface area contributed by atoms with Gasteiger partial charge in [0.05, 0.1) is 5.69 Å². The van der Waals surface area contributed by atoms with Crippen molar-refractivity contribution >= 4 is 17.1 Å². The first-order chi connectivity index (χ1) is 15.7. The number of H-pyrrole nitrogens is 1. The van der Waals surface area contributed by atoms with Gasteiger partial charge in [0, 0.05) is 30.1 Å². The molecular weight excluding hydrogens is 398 g/mol. The van der Waals surface area contributed by atoms with E-state index in [1.165, 1.54) is 5.56 Å². The predicted molar refractivity (Wildman–Crippen MR) is 126 cm³/mol. The van der Waals surface area contributed by atoms with Crippen molar-refractivity contribution < 1.29 is 9.53 Å². The first-order valence-electron chi connectivity index (χ1n) is 11.2. The summed E-state index contributed by atoms with van der Waals surface area (Å²) in [6.45, 7) is 3.24. The minimum absolute atomic E-state index is 0.0833. The molecule has 0 spiro atoms. The van der Waals surface area contributed by atoms with Gasteiger partial charge in [0.2, 0.25) is 0 Å². The molecule has 0 bridgehead atoms. The number of aromatic amines is 1. The van der Waals surface area contributed by atoms with Gasteiger partial charge < -0.3 is 14.6 Å². The van der Waals surface area contributed by atoms with Gasteiger partial charge in [0.1, 0.15) is 12.3 Å². The van der Waals surface area contributed by atoms with Gasteiger partial charge in [-0.3, -0.25) is 0 Å². The van der Waals surface area contributed by atoms with Gasteiger partial charge >= 0.3 is 6.09 Å². The van der Waals surface area contributed by atoms with Gasteiger partial charge in [-0.15, -0.1) is 0 Å². The second-order valence-electron chi connectivity index (χ2n) is 8.41. The Kier molecular flexibility index (Phi) is 5.63. The minimum atomic E-state index is -0.234. The SMILES string of the molecule is CC(c1c(-c2ccccc2)[nH]c2ncccc12)C1CCCN1C(=O)OCc1ccccc1. The van der Waals surface area contributed by atoms with Crippen LogP contribution < -0.4 is 0 Å². The molecule has 162 valence electrons. The number of likely N-dealkylation sites (tertiary alicyclic amines) is 1. The minimum Gasteiger partial charge on any atom is -0.445 e. The lowest BCUT2D eigenvalue weighted by Crippen LogP contribution is -2.38. The monoisotopic (exact) mass is 425 g/mol. The summed E-state index contributed by atoms with van der Waals surface area (Å²) in [5, 5.41) is 1.11. The van der Waals surface area contributed by atoms with Crippen LogP contribution in [0.3, 0.4) is 0 Å². The fraction of sp³-hybridized carbons (Fsp3) is 0.259. The number of ether oxygens (including phenoxy) is 1. The lowest BCUT2D eigenvalue weighted by atomic mass is 9.88. The van der Waals surface area contributed by atoms with Crippen molar-refractivity contribution in [3.8, 4) is 11.3 Å². The van der Waals surface area contributed by atoms with E-state index in [4.69, 9.17) is 4.74 Å². The Morgan fingerprint density at radius 2 is 1.84 bits per heavy atom. The number of carbonyl (C=O) groups excluding carboxylic acids is 1. The van der Waals surface area contributed by atoms with Crippen molar-refractivity contribution in [3.63, 3.8) is 0 Å². The van der Waals surface area contributed by atoms with Gasteiger partial charge in [-0.1, -0.05) is 67.6 Å². The Bertz CT molecular complexity index is 1200. The van der Waals surface area contributed by atoms with E-state index in [9.17, 15) is 4.79 Å². The third-order valence-electron chi connectivity index (χ3n) is 6.44. The number of nitrogens with one attached hydrogen (secondary N) is 1. The van der Waals surface area contributed by atoms with E-state index in [0.717, 1.165) is 47.2 Å². The molecule has 5 nitrogen and oxygen atoms in total. The van der Waals surface area contributed by atoms with E-state index < -0.39 is 0 Å². The second-order valence-corrected chi connectivity index (χ2v) is 8.41. The van der Waals surface area contributed by atoms with Crippen molar-refractivity contribution in [2.24, 2.45) is 0 Å². The van der Waals surface area contributed by atoms with E-state index in [-0.39, 0.29) is 18.1 Å². The van der Waals surface area contributed by atoms with Crippen LogP contribution in [0.15, 0.2) is 79.0 Å². The molecule has 1 aliphatic heterocycles. The van der Waals surface area contributed by atoms with Crippen LogP contribution in [-0.2, 0) is 11.3 Å². The summed E-state index contributed by atoms with van der Waals surface area (Å²) in [6.07, 6.45) is 3.52. The van der Waals surface area contributed by atoms with Crippen LogP contribution in [-0.4, -0.2) is 33.5 Å². The molecule has 1 fully saturated rings. The molecule has 5 rings (SSSR count). The lowest BCUT2D eigenvalue weighted by Gasteiger charge is -2.29. The summed E-state index contributed by atoms with van der Waals surface area (Å²) >= 11 is 0. The second kappa shape index (κ2) is 8.87. The van der Waals surface area contributed by atoms with Crippen molar-refractivity contribution in [2.75, 3.05) is 6.54 Å². The highest BCUT2D eigenvalue weighted by atomic mass is 16.6. The first-order valence-corrected chi connectivity index (χ1v) is 11.2. The number of pyridine rings is 1. The Balaban J connectivity index is 1.44. The number of amides is 1. The Morgan fingerprint density at radius 3 is 2.62 bits per heavy atom. The van der Waals surface area contributed by atoms with Gasteiger partial charge in [0.15, 0.2) is 0 Å². The van der Waals surface area contributed by atoms with Crippen LogP contribution in [0.2, 0.25) is 0 Å². The molecule has 1 saturated heterocycles. The van der Waals surface area contributed by atoms with E-state index in [1.807, 2.05) is 65.7 Å². The van der Waals surface area contributed by atoms with E-state index in [1.54, 1.807) is 0 Å². The maximum Gasteiger partial charge on any atom is 0.410 e. The number of fused-ring (bicyclic) bond motifs is 1. The number of nitrogens with zero attached hydrogens (tertiary/aromatic N) is 2. The number of hydrogen-bond donors (Lipinski definition) is 1. The van der Waals surface area contributed by atoms with Crippen LogP contribution >= 0.6 is 0 Å². The quantitative estimate of drug-likeness (QED) is 0.418. The third-order valence-corrected chi connectivity index (χ3v) is 6.44. The predicted octanol–water partition coefficient (Wildman–Crippen LogP) is 6.13. The Morgan fingerprint density at radius 1 is 1.09 bits per heavy atom. The number of benzene rings is 2. The summed E-state index contributed by atoms with van der Waals surface area (Å²) in [6, 6.07) is 24.3. The molecular formula is C27H27N3O2. The van der Waals surface area contributed by atoms with Crippen molar-refractivity contribution in [1.82, 2.24) is 14.9 Å². The number of carbonyl (C=O) groups is 1. The maximum absolute atomic E-state index is 13.0. The molecule has 0 aliphatic carbocycles. The van der Waals surface area contributed by atoms with Crippen molar-refractivity contribution in [1.29, 1.82) is 0 Å². The summed E-state index contributed by atoms with van der Waals surface area (Å²) in [7, 11) is 0. The lowest BCUT2D eigenvalue weighted by molar-refractivity contribution is 0.0888. The molecule has 4 aromatic rings. The van der Waals surface area contributed by atoms with Crippen molar-refractivity contribution in [2.45, 2.75) is 38.3 Å². The average Bonchev–Trinajstić information content (AvgIpc) is 3.49. The molecule has 32 heavy (non-hydrogen) atoms. The molecule has 3 heterocycles. The highest BCUT2D eigenvalue weighted by molar-refractivity contribution is 5.89. The van der Waals surface area contributed by atoms with E-state index >= 15 is 0 Å². The van der Waals surface area contributed by atoms with Crippen LogP contribution in [0.25, 0.3) is 22.3 Å². The fourth-order valence-electron chi connectivity index (χ4n) is 4.88. The molecule has 5 heteroatoms. The first kappa shape index (κ1) is 20.3. The normalized spacial score (nSPS) is 16.9. The molecule has 2 unspecified atom stereocenters. The van der Waals surface area contributed by atoms with Crippen LogP contribution in [0.4, 0.5) is 4.79 Å². The molecule has 1 amide bonds.